The van der Waals surface area contributed by atoms with E-state index in [0.29, 0.717) is 0 Å². The second-order valence-corrected chi connectivity index (χ2v) is 6.56. The molecule has 3 rings (SSSR count). The molecule has 0 amide bonds. The Labute approximate surface area is 161 Å². The molecular formula is C15H7Cl6NO. The first kappa shape index (κ1) is 18.7. The maximum absolute atomic E-state index is 10.8. The van der Waals surface area contributed by atoms with Crippen LogP contribution in [-0.4, -0.2) is 4.98 Å². The van der Waals surface area contributed by atoms with Crippen molar-refractivity contribution in [1.29, 1.82) is 0 Å². The minimum Gasteiger partial charge on any atom is -0.322 e. The molecule has 0 saturated carbocycles. The van der Waals surface area contributed by atoms with Crippen LogP contribution in [0.3, 0.4) is 0 Å². The molecule has 0 bridgehead atoms. The fourth-order valence-electron chi connectivity index (χ4n) is 1.67. The summed E-state index contributed by atoms with van der Waals surface area (Å²) in [6.45, 7) is 0. The molecule has 0 aliphatic heterocycles. The van der Waals surface area contributed by atoms with Gasteiger partial charge in [0.05, 0.1) is 30.1 Å². The minimum atomic E-state index is -0.0521. The second kappa shape index (κ2) is 7.98. The van der Waals surface area contributed by atoms with Crippen LogP contribution in [0.1, 0.15) is 0 Å². The summed E-state index contributed by atoms with van der Waals surface area (Å²) in [5.74, 6) is 0. The van der Waals surface area contributed by atoms with Gasteiger partial charge in [0, 0.05) is 11.6 Å². The van der Waals surface area contributed by atoms with E-state index in [1.165, 1.54) is 6.07 Å². The highest BCUT2D eigenvalue weighted by atomic mass is 35.5. The number of pyridine rings is 1. The molecule has 3 aromatic rings. The lowest BCUT2D eigenvalue weighted by Crippen LogP contribution is -2.01. The maximum Gasteiger partial charge on any atom is 0.248 e. The van der Waals surface area contributed by atoms with Crippen molar-refractivity contribution < 1.29 is 0 Å². The number of fused-ring (bicyclic) bond motifs is 1. The van der Waals surface area contributed by atoms with Crippen LogP contribution in [0, 0.1) is 0 Å². The zero-order chi connectivity index (χ0) is 17.1. The number of aromatic amines is 1. The van der Waals surface area contributed by atoms with Crippen molar-refractivity contribution in [2.24, 2.45) is 0 Å². The van der Waals surface area contributed by atoms with Gasteiger partial charge in [-0.1, -0.05) is 87.8 Å². The van der Waals surface area contributed by atoms with E-state index in [2.05, 4.69) is 4.98 Å². The van der Waals surface area contributed by atoms with Gasteiger partial charge in [-0.25, -0.2) is 0 Å². The van der Waals surface area contributed by atoms with E-state index in [4.69, 9.17) is 69.6 Å². The van der Waals surface area contributed by atoms with E-state index >= 15 is 0 Å². The van der Waals surface area contributed by atoms with Gasteiger partial charge in [0.2, 0.25) is 5.56 Å². The number of H-pyrrole nitrogens is 1. The standard InChI is InChI=1S/C9H7NO.C6Cl6/c11-9-6-5-7-3-1-2-4-8(7)10-9;7-1-2(8)4(10)6(12)5(11)3(1)9/h1-6H,(H,10,11);. The summed E-state index contributed by atoms with van der Waals surface area (Å²) in [7, 11) is 0. The third kappa shape index (κ3) is 4.27. The van der Waals surface area contributed by atoms with E-state index < -0.39 is 0 Å². The molecule has 1 N–H and O–H groups in total. The van der Waals surface area contributed by atoms with Crippen LogP contribution in [0.2, 0.25) is 30.1 Å². The summed E-state index contributed by atoms with van der Waals surface area (Å²) in [6, 6.07) is 11.0. The maximum atomic E-state index is 10.8. The highest BCUT2D eigenvalue weighted by molar-refractivity contribution is 6.59. The quantitative estimate of drug-likeness (QED) is 0.299. The smallest absolute Gasteiger partial charge is 0.248 e. The van der Waals surface area contributed by atoms with Gasteiger partial charge in [-0.2, -0.15) is 0 Å². The Kier molecular flexibility index (Phi) is 6.49. The Balaban J connectivity index is 0.000000167. The monoisotopic (exact) mass is 427 g/mol. The Bertz CT molecular complexity index is 816. The van der Waals surface area contributed by atoms with Crippen LogP contribution in [0.15, 0.2) is 41.2 Å². The second-order valence-electron chi connectivity index (χ2n) is 4.29. The first-order valence-corrected chi connectivity index (χ1v) is 8.34. The topological polar surface area (TPSA) is 32.9 Å². The average molecular weight is 430 g/mol. The lowest BCUT2D eigenvalue weighted by Gasteiger charge is -2.06. The van der Waals surface area contributed by atoms with E-state index in [-0.39, 0.29) is 35.7 Å². The normalized spacial score (nSPS) is 10.3. The number of aromatic nitrogens is 1. The lowest BCUT2D eigenvalue weighted by atomic mass is 10.2. The Morgan fingerprint density at radius 1 is 0.609 bits per heavy atom. The molecule has 23 heavy (non-hydrogen) atoms. The molecule has 0 unspecified atom stereocenters. The molecule has 0 radical (unpaired) electrons. The number of hydrogen-bond acceptors (Lipinski definition) is 1. The third-order valence-corrected chi connectivity index (χ3v) is 5.64. The van der Waals surface area contributed by atoms with Crippen LogP contribution >= 0.6 is 69.6 Å². The van der Waals surface area contributed by atoms with Crippen molar-refractivity contribution in [3.63, 3.8) is 0 Å². The van der Waals surface area contributed by atoms with Gasteiger partial charge < -0.3 is 4.98 Å². The molecule has 1 aromatic heterocycles. The van der Waals surface area contributed by atoms with Gasteiger partial charge in [0.15, 0.2) is 0 Å². The molecule has 1 heterocycles. The largest absolute Gasteiger partial charge is 0.322 e. The van der Waals surface area contributed by atoms with Gasteiger partial charge in [-0.15, -0.1) is 0 Å². The lowest BCUT2D eigenvalue weighted by molar-refractivity contribution is 1.31. The van der Waals surface area contributed by atoms with Crippen molar-refractivity contribution in [3.8, 4) is 0 Å². The number of benzene rings is 2. The fraction of sp³-hybridized carbons (Fsp3) is 0. The average Bonchev–Trinajstić information content (AvgIpc) is 2.57. The highest BCUT2D eigenvalue weighted by Gasteiger charge is 2.17. The van der Waals surface area contributed by atoms with E-state index in [1.807, 2.05) is 30.3 Å². The van der Waals surface area contributed by atoms with Gasteiger partial charge >= 0.3 is 0 Å². The van der Waals surface area contributed by atoms with Crippen molar-refractivity contribution in [3.05, 3.63) is 76.9 Å². The Morgan fingerprint density at radius 3 is 1.52 bits per heavy atom. The molecule has 2 aromatic carbocycles. The van der Waals surface area contributed by atoms with Crippen LogP contribution in [0.4, 0.5) is 0 Å². The fourth-order valence-corrected chi connectivity index (χ4v) is 3.10. The van der Waals surface area contributed by atoms with E-state index in [9.17, 15) is 4.79 Å². The number of para-hydroxylation sites is 1. The third-order valence-electron chi connectivity index (χ3n) is 2.79. The number of hydrogen-bond donors (Lipinski definition) is 1. The van der Waals surface area contributed by atoms with Crippen LogP contribution in [-0.2, 0) is 0 Å². The number of nitrogens with one attached hydrogen (secondary N) is 1. The Hall–Kier alpha value is -0.610. The van der Waals surface area contributed by atoms with E-state index in [1.54, 1.807) is 0 Å². The first-order valence-electron chi connectivity index (χ1n) is 6.08. The predicted molar refractivity (Wildman–Crippen MR) is 101 cm³/mol. The number of halogens is 6. The van der Waals surface area contributed by atoms with Crippen LogP contribution < -0.4 is 5.56 Å². The van der Waals surface area contributed by atoms with E-state index in [0.717, 1.165) is 10.9 Å². The molecule has 2 nitrogen and oxygen atoms in total. The summed E-state index contributed by atoms with van der Waals surface area (Å²) < 4.78 is 0. The van der Waals surface area contributed by atoms with Gasteiger partial charge in [0.1, 0.15) is 0 Å². The first-order chi connectivity index (χ1) is 10.8. The molecular weight excluding hydrogens is 423 g/mol. The summed E-state index contributed by atoms with van der Waals surface area (Å²) in [5.41, 5.74) is 0.837. The number of rotatable bonds is 0. The minimum absolute atomic E-state index is 0.0521. The summed E-state index contributed by atoms with van der Waals surface area (Å²) in [6.07, 6.45) is 0. The SMILES string of the molecule is Clc1c(Cl)c(Cl)c(Cl)c(Cl)c1Cl.O=c1ccc2ccccc2[nH]1. The van der Waals surface area contributed by atoms with Crippen molar-refractivity contribution >= 4 is 80.5 Å². The molecule has 0 aliphatic rings. The van der Waals surface area contributed by atoms with Crippen LogP contribution in [0.5, 0.6) is 0 Å². The summed E-state index contributed by atoms with van der Waals surface area (Å²) >= 11 is 34.0. The van der Waals surface area contributed by atoms with Crippen molar-refractivity contribution in [2.45, 2.75) is 0 Å². The molecule has 0 spiro atoms. The predicted octanol–water partition coefficient (Wildman–Crippen LogP) is 7.14. The zero-order valence-corrected chi connectivity index (χ0v) is 15.7. The van der Waals surface area contributed by atoms with Crippen molar-refractivity contribution in [2.75, 3.05) is 0 Å². The molecule has 0 fully saturated rings. The molecule has 0 aliphatic carbocycles. The van der Waals surface area contributed by atoms with Crippen molar-refractivity contribution in [1.82, 2.24) is 4.98 Å². The van der Waals surface area contributed by atoms with Gasteiger partial charge in [0.25, 0.3) is 0 Å². The summed E-state index contributed by atoms with van der Waals surface area (Å²) in [5, 5.41) is 1.72. The Morgan fingerprint density at radius 2 is 1.04 bits per heavy atom. The molecule has 0 atom stereocenters. The van der Waals surface area contributed by atoms with Crippen LogP contribution in [0.25, 0.3) is 10.9 Å². The zero-order valence-electron chi connectivity index (χ0n) is 11.1. The van der Waals surface area contributed by atoms with Gasteiger partial charge in [-0.3, -0.25) is 4.79 Å². The summed E-state index contributed by atoms with van der Waals surface area (Å²) in [4.78, 5) is 13.6. The molecule has 8 heteroatoms. The molecule has 120 valence electrons. The van der Waals surface area contributed by atoms with Gasteiger partial charge in [-0.05, 0) is 17.5 Å². The highest BCUT2D eigenvalue weighted by Crippen LogP contribution is 2.46. The molecule has 0 saturated heterocycles.